The first kappa shape index (κ1) is 7.79. The summed E-state index contributed by atoms with van der Waals surface area (Å²) < 4.78 is 21.7. The van der Waals surface area contributed by atoms with Crippen LogP contribution >= 0.6 is 0 Å². The predicted molar refractivity (Wildman–Crippen MR) is 41.3 cm³/mol. The van der Waals surface area contributed by atoms with Crippen molar-refractivity contribution in [2.45, 2.75) is 13.8 Å². The van der Waals surface area contributed by atoms with Crippen molar-refractivity contribution in [2.24, 2.45) is 11.8 Å². The van der Waals surface area contributed by atoms with Gasteiger partial charge in [-0.2, -0.15) is 0 Å². The summed E-state index contributed by atoms with van der Waals surface area (Å²) >= 11 is 0. The summed E-state index contributed by atoms with van der Waals surface area (Å²) in [6.45, 7) is 4.08. The highest BCUT2D eigenvalue weighted by Gasteiger charge is 2.23. The molecule has 0 aliphatic carbocycles. The smallest absolute Gasteiger partial charge is 0.171 e. The van der Waals surface area contributed by atoms with Crippen LogP contribution in [-0.2, 0) is 9.84 Å². The molecule has 0 bridgehead atoms. The van der Waals surface area contributed by atoms with Crippen molar-refractivity contribution < 1.29 is 8.42 Å². The molecule has 2 nitrogen and oxygen atoms in total. The van der Waals surface area contributed by atoms with Crippen LogP contribution in [0.4, 0.5) is 0 Å². The Morgan fingerprint density at radius 2 is 2.10 bits per heavy atom. The summed E-state index contributed by atoms with van der Waals surface area (Å²) in [6.07, 6.45) is 1.79. The fourth-order valence-electron chi connectivity index (χ4n) is 1.01. The number of hydrogen-bond donors (Lipinski definition) is 0. The molecule has 0 aromatic carbocycles. The quantitative estimate of drug-likeness (QED) is 0.577. The van der Waals surface area contributed by atoms with Gasteiger partial charge in [-0.3, -0.25) is 0 Å². The predicted octanol–water partition coefficient (Wildman–Crippen LogP) is 1.20. The van der Waals surface area contributed by atoms with Crippen LogP contribution < -0.4 is 0 Å². The maximum atomic E-state index is 10.9. The first-order valence-corrected chi connectivity index (χ1v) is 5.14. The second-order valence-electron chi connectivity index (χ2n) is 3.07. The Kier molecular flexibility index (Phi) is 1.86. The summed E-state index contributed by atoms with van der Waals surface area (Å²) in [5, 5.41) is 1.33. The van der Waals surface area contributed by atoms with Crippen molar-refractivity contribution in [3.8, 4) is 0 Å². The van der Waals surface area contributed by atoms with Gasteiger partial charge in [-0.25, -0.2) is 8.42 Å². The van der Waals surface area contributed by atoms with E-state index in [1.54, 1.807) is 6.08 Å². The summed E-state index contributed by atoms with van der Waals surface area (Å²) in [4.78, 5) is 0. The van der Waals surface area contributed by atoms with E-state index in [0.29, 0.717) is 11.7 Å². The van der Waals surface area contributed by atoms with Gasteiger partial charge in [-0.1, -0.05) is 19.9 Å². The Labute approximate surface area is 61.9 Å². The number of hydrogen-bond acceptors (Lipinski definition) is 2. The lowest BCUT2D eigenvalue weighted by molar-refractivity contribution is 0.505. The Balaban J connectivity index is 2.72. The largest absolute Gasteiger partial charge is 0.224 e. The maximum Gasteiger partial charge on any atom is 0.171 e. The lowest BCUT2D eigenvalue weighted by atomic mass is 9.99. The summed E-state index contributed by atoms with van der Waals surface area (Å²) in [7, 11) is -2.82. The normalized spacial score (nSPS) is 29.7. The first-order valence-electron chi connectivity index (χ1n) is 3.42. The van der Waals surface area contributed by atoms with Crippen molar-refractivity contribution >= 4 is 9.84 Å². The lowest BCUT2D eigenvalue weighted by Crippen LogP contribution is -2.10. The molecule has 0 unspecified atom stereocenters. The van der Waals surface area contributed by atoms with E-state index in [1.807, 2.05) is 13.8 Å². The van der Waals surface area contributed by atoms with Crippen molar-refractivity contribution in [3.63, 3.8) is 0 Å². The summed E-state index contributed by atoms with van der Waals surface area (Å²) in [5.74, 6) is 0.989. The van der Waals surface area contributed by atoms with Crippen LogP contribution in [-0.4, -0.2) is 14.2 Å². The summed E-state index contributed by atoms with van der Waals surface area (Å²) in [5.41, 5.74) is 0. The average molecular weight is 160 g/mol. The topological polar surface area (TPSA) is 34.1 Å². The van der Waals surface area contributed by atoms with Crippen LogP contribution in [0.3, 0.4) is 0 Å². The zero-order chi connectivity index (χ0) is 7.78. The molecule has 0 N–H and O–H groups in total. The molecule has 0 radical (unpaired) electrons. The molecule has 0 aromatic rings. The molecular formula is C7H12O2S. The zero-order valence-corrected chi connectivity index (χ0v) is 7.06. The first-order chi connectivity index (χ1) is 4.51. The Morgan fingerprint density at radius 3 is 2.30 bits per heavy atom. The average Bonchev–Trinajstić information content (AvgIpc) is 2.10. The molecule has 58 valence electrons. The highest BCUT2D eigenvalue weighted by Crippen LogP contribution is 2.21. The third-order valence-electron chi connectivity index (χ3n) is 1.81. The van der Waals surface area contributed by atoms with Crippen LogP contribution in [0.15, 0.2) is 11.5 Å². The van der Waals surface area contributed by atoms with Gasteiger partial charge in [0.1, 0.15) is 0 Å². The van der Waals surface area contributed by atoms with Gasteiger partial charge in [0.05, 0.1) is 5.75 Å². The molecule has 0 saturated heterocycles. The molecule has 10 heavy (non-hydrogen) atoms. The van der Waals surface area contributed by atoms with Crippen LogP contribution in [0.5, 0.6) is 0 Å². The summed E-state index contributed by atoms with van der Waals surface area (Å²) in [6, 6.07) is 0. The molecule has 0 spiro atoms. The molecule has 1 aliphatic rings. The van der Waals surface area contributed by atoms with Crippen molar-refractivity contribution in [1.29, 1.82) is 0 Å². The van der Waals surface area contributed by atoms with Crippen molar-refractivity contribution in [1.82, 2.24) is 0 Å². The van der Waals surface area contributed by atoms with Gasteiger partial charge < -0.3 is 0 Å². The minimum Gasteiger partial charge on any atom is -0.224 e. The zero-order valence-electron chi connectivity index (χ0n) is 6.24. The molecule has 0 amide bonds. The van der Waals surface area contributed by atoms with Gasteiger partial charge >= 0.3 is 0 Å². The van der Waals surface area contributed by atoms with E-state index in [4.69, 9.17) is 0 Å². The van der Waals surface area contributed by atoms with Gasteiger partial charge in [0.2, 0.25) is 0 Å². The van der Waals surface area contributed by atoms with E-state index in [9.17, 15) is 8.42 Å². The number of sulfone groups is 1. The molecule has 1 rings (SSSR count). The fourth-order valence-corrected chi connectivity index (χ4v) is 2.60. The minimum absolute atomic E-state index is 0.241. The Hall–Kier alpha value is -0.310. The van der Waals surface area contributed by atoms with Crippen molar-refractivity contribution in [2.75, 3.05) is 5.75 Å². The van der Waals surface area contributed by atoms with E-state index in [1.165, 1.54) is 5.41 Å². The van der Waals surface area contributed by atoms with Crippen LogP contribution in [0.1, 0.15) is 13.8 Å². The lowest BCUT2D eigenvalue weighted by Gasteiger charge is -2.08. The van der Waals surface area contributed by atoms with Gasteiger partial charge in [-0.15, -0.1) is 0 Å². The highest BCUT2D eigenvalue weighted by molar-refractivity contribution is 7.94. The van der Waals surface area contributed by atoms with Crippen LogP contribution in [0.2, 0.25) is 0 Å². The minimum atomic E-state index is -2.82. The molecular weight excluding hydrogens is 148 g/mol. The third kappa shape index (κ3) is 1.59. The van der Waals surface area contributed by atoms with E-state index in [-0.39, 0.29) is 5.92 Å². The SMILES string of the molecule is CC(C)[C@H]1C=CS(=O)(=O)C1. The Morgan fingerprint density at radius 1 is 1.50 bits per heavy atom. The molecule has 0 fully saturated rings. The van der Waals surface area contributed by atoms with E-state index in [0.717, 1.165) is 0 Å². The fraction of sp³-hybridized carbons (Fsp3) is 0.714. The molecule has 1 atom stereocenters. The maximum absolute atomic E-state index is 10.9. The van der Waals surface area contributed by atoms with Crippen LogP contribution in [0, 0.1) is 11.8 Å². The van der Waals surface area contributed by atoms with Crippen molar-refractivity contribution in [3.05, 3.63) is 11.5 Å². The van der Waals surface area contributed by atoms with E-state index in [2.05, 4.69) is 0 Å². The van der Waals surface area contributed by atoms with E-state index < -0.39 is 9.84 Å². The monoisotopic (exact) mass is 160 g/mol. The number of allylic oxidation sites excluding steroid dienone is 1. The third-order valence-corrected chi connectivity index (χ3v) is 3.24. The van der Waals surface area contributed by atoms with Gasteiger partial charge in [0, 0.05) is 5.41 Å². The highest BCUT2D eigenvalue weighted by atomic mass is 32.2. The second-order valence-corrected chi connectivity index (χ2v) is 5.00. The van der Waals surface area contributed by atoms with Crippen LogP contribution in [0.25, 0.3) is 0 Å². The van der Waals surface area contributed by atoms with E-state index >= 15 is 0 Å². The standard InChI is InChI=1S/C7H12O2S/c1-6(2)7-3-4-10(8,9)5-7/h3-4,6-7H,5H2,1-2H3/t7-/m0/s1. The van der Waals surface area contributed by atoms with Gasteiger partial charge in [-0.05, 0) is 11.8 Å². The molecule has 1 aliphatic heterocycles. The van der Waals surface area contributed by atoms with Gasteiger partial charge in [0.25, 0.3) is 0 Å². The van der Waals surface area contributed by atoms with Gasteiger partial charge in [0.15, 0.2) is 9.84 Å². The second kappa shape index (κ2) is 2.38. The molecule has 0 aromatic heterocycles. The number of rotatable bonds is 1. The Bertz CT molecular complexity index is 236. The molecule has 1 heterocycles. The molecule has 3 heteroatoms. The molecule has 0 saturated carbocycles.